The molecule has 0 amide bonds. The highest BCUT2D eigenvalue weighted by Gasteiger charge is 2.41. The number of rotatable bonds is 3. The molecule has 0 radical (unpaired) electrons. The van der Waals surface area contributed by atoms with Gasteiger partial charge in [-0.15, -0.1) is 0 Å². The average molecular weight is 312 g/mol. The summed E-state index contributed by atoms with van der Waals surface area (Å²) in [6.45, 7) is 2.18. The van der Waals surface area contributed by atoms with E-state index >= 15 is 0 Å². The third-order valence-corrected chi connectivity index (χ3v) is 4.48. The Bertz CT molecular complexity index is 439. The number of halogens is 1. The van der Waals surface area contributed by atoms with E-state index in [9.17, 15) is 9.90 Å². The second kappa shape index (κ2) is 5.31. The summed E-state index contributed by atoms with van der Waals surface area (Å²) in [5, 5.41) is 12.8. The predicted molar refractivity (Wildman–Crippen MR) is 75.8 cm³/mol. The molecule has 0 heterocycles. The highest BCUT2D eigenvalue weighted by atomic mass is 79.9. The fourth-order valence-electron chi connectivity index (χ4n) is 2.47. The number of carboxylic acids is 1. The largest absolute Gasteiger partial charge is 0.480 e. The van der Waals surface area contributed by atoms with E-state index < -0.39 is 11.5 Å². The van der Waals surface area contributed by atoms with Crippen molar-refractivity contribution in [3.8, 4) is 0 Å². The molecule has 1 aromatic carbocycles. The molecule has 2 rings (SSSR count). The lowest BCUT2D eigenvalue weighted by Gasteiger charge is -2.37. The van der Waals surface area contributed by atoms with Crippen molar-refractivity contribution in [1.82, 2.24) is 0 Å². The van der Waals surface area contributed by atoms with Crippen LogP contribution in [0, 0.1) is 5.92 Å². The molecule has 1 saturated carbocycles. The molecule has 0 atom stereocenters. The number of benzene rings is 1. The summed E-state index contributed by atoms with van der Waals surface area (Å²) in [6.07, 6.45) is 3.29. The fraction of sp³-hybridized carbons (Fsp3) is 0.500. The number of aliphatic carboxylic acids is 1. The van der Waals surface area contributed by atoms with Crippen molar-refractivity contribution in [3.05, 3.63) is 28.7 Å². The van der Waals surface area contributed by atoms with Gasteiger partial charge in [-0.25, -0.2) is 4.79 Å². The minimum absolute atomic E-state index is 0.624. The first-order chi connectivity index (χ1) is 8.53. The Kier molecular flexibility index (Phi) is 3.95. The molecule has 4 heteroatoms. The monoisotopic (exact) mass is 311 g/mol. The first-order valence-corrected chi connectivity index (χ1v) is 7.09. The van der Waals surface area contributed by atoms with Gasteiger partial charge in [0.1, 0.15) is 5.54 Å². The van der Waals surface area contributed by atoms with Crippen LogP contribution in [0.4, 0.5) is 5.69 Å². The van der Waals surface area contributed by atoms with Gasteiger partial charge >= 0.3 is 5.97 Å². The second-order valence-electron chi connectivity index (χ2n) is 5.17. The number of carbonyl (C=O) groups is 1. The van der Waals surface area contributed by atoms with E-state index in [0.717, 1.165) is 23.0 Å². The Morgan fingerprint density at radius 3 is 2.56 bits per heavy atom. The molecule has 0 spiro atoms. The first-order valence-electron chi connectivity index (χ1n) is 6.30. The zero-order valence-electron chi connectivity index (χ0n) is 10.4. The Morgan fingerprint density at radius 1 is 1.39 bits per heavy atom. The molecule has 0 saturated heterocycles. The molecule has 98 valence electrons. The molecular formula is C14H18BrNO2. The first kappa shape index (κ1) is 13.4. The van der Waals surface area contributed by atoms with Crippen molar-refractivity contribution in [1.29, 1.82) is 0 Å². The van der Waals surface area contributed by atoms with Crippen LogP contribution in [0.5, 0.6) is 0 Å². The number of hydrogen-bond acceptors (Lipinski definition) is 2. The summed E-state index contributed by atoms with van der Waals surface area (Å²) in [4.78, 5) is 11.6. The quantitative estimate of drug-likeness (QED) is 0.890. The molecule has 0 unspecified atom stereocenters. The number of carboxylic acid groups (broad SMARTS) is 1. The van der Waals surface area contributed by atoms with Gasteiger partial charge < -0.3 is 10.4 Å². The normalized spacial score (nSPS) is 27.8. The SMILES string of the molecule is CC1CCC(Nc2ccccc2Br)(C(=O)O)CC1. The molecule has 1 aliphatic rings. The molecule has 2 N–H and O–H groups in total. The van der Waals surface area contributed by atoms with E-state index in [-0.39, 0.29) is 0 Å². The number of hydrogen-bond donors (Lipinski definition) is 2. The molecule has 0 aliphatic heterocycles. The van der Waals surface area contributed by atoms with Crippen molar-refractivity contribution >= 4 is 27.6 Å². The maximum atomic E-state index is 11.6. The van der Waals surface area contributed by atoms with Crippen molar-refractivity contribution in [3.63, 3.8) is 0 Å². The van der Waals surface area contributed by atoms with Crippen molar-refractivity contribution in [2.45, 2.75) is 38.1 Å². The van der Waals surface area contributed by atoms with Crippen LogP contribution in [0.25, 0.3) is 0 Å². The second-order valence-corrected chi connectivity index (χ2v) is 6.03. The minimum Gasteiger partial charge on any atom is -0.480 e. The van der Waals surface area contributed by atoms with Gasteiger partial charge in [-0.3, -0.25) is 0 Å². The lowest BCUT2D eigenvalue weighted by atomic mass is 9.77. The molecule has 0 aromatic heterocycles. The lowest BCUT2D eigenvalue weighted by molar-refractivity contribution is -0.143. The topological polar surface area (TPSA) is 49.3 Å². The van der Waals surface area contributed by atoms with Gasteiger partial charge in [0.25, 0.3) is 0 Å². The van der Waals surface area contributed by atoms with Crippen LogP contribution in [-0.2, 0) is 4.79 Å². The average Bonchev–Trinajstić information content (AvgIpc) is 2.35. The number of para-hydroxylation sites is 1. The Morgan fingerprint density at radius 2 is 2.00 bits per heavy atom. The summed E-state index contributed by atoms with van der Waals surface area (Å²) in [6, 6.07) is 7.66. The Balaban J connectivity index is 2.22. The summed E-state index contributed by atoms with van der Waals surface area (Å²) < 4.78 is 0.907. The molecule has 1 fully saturated rings. The van der Waals surface area contributed by atoms with Crippen LogP contribution in [0.2, 0.25) is 0 Å². The maximum Gasteiger partial charge on any atom is 0.329 e. The Labute approximate surface area is 116 Å². The van der Waals surface area contributed by atoms with E-state index in [4.69, 9.17) is 0 Å². The van der Waals surface area contributed by atoms with Crippen molar-refractivity contribution in [2.24, 2.45) is 5.92 Å². The van der Waals surface area contributed by atoms with Crippen LogP contribution in [0.3, 0.4) is 0 Å². The molecule has 18 heavy (non-hydrogen) atoms. The predicted octanol–water partition coefficient (Wildman–Crippen LogP) is 3.89. The van der Waals surface area contributed by atoms with Crippen LogP contribution in [0.15, 0.2) is 28.7 Å². The zero-order chi connectivity index (χ0) is 13.2. The number of nitrogens with one attached hydrogen (secondary N) is 1. The van der Waals surface area contributed by atoms with Gasteiger partial charge in [-0.05, 0) is 59.7 Å². The van der Waals surface area contributed by atoms with Gasteiger partial charge in [-0.1, -0.05) is 19.1 Å². The van der Waals surface area contributed by atoms with Crippen molar-refractivity contribution in [2.75, 3.05) is 5.32 Å². The molecule has 3 nitrogen and oxygen atoms in total. The molecule has 0 bridgehead atoms. The van der Waals surface area contributed by atoms with E-state index in [1.165, 1.54) is 0 Å². The summed E-state index contributed by atoms with van der Waals surface area (Å²) in [5.74, 6) is -0.122. The summed E-state index contributed by atoms with van der Waals surface area (Å²) >= 11 is 3.45. The van der Waals surface area contributed by atoms with E-state index in [0.29, 0.717) is 18.8 Å². The van der Waals surface area contributed by atoms with Crippen LogP contribution < -0.4 is 5.32 Å². The van der Waals surface area contributed by atoms with Crippen molar-refractivity contribution < 1.29 is 9.90 Å². The highest BCUT2D eigenvalue weighted by Crippen LogP contribution is 2.36. The highest BCUT2D eigenvalue weighted by molar-refractivity contribution is 9.10. The molecule has 1 aliphatic carbocycles. The van der Waals surface area contributed by atoms with Gasteiger partial charge in [-0.2, -0.15) is 0 Å². The third kappa shape index (κ3) is 2.69. The van der Waals surface area contributed by atoms with E-state index in [1.54, 1.807) is 0 Å². The summed E-state index contributed by atoms with van der Waals surface area (Å²) in [7, 11) is 0. The smallest absolute Gasteiger partial charge is 0.329 e. The van der Waals surface area contributed by atoms with Crippen LogP contribution >= 0.6 is 15.9 Å². The third-order valence-electron chi connectivity index (χ3n) is 3.79. The van der Waals surface area contributed by atoms with Crippen LogP contribution in [0.1, 0.15) is 32.6 Å². The lowest BCUT2D eigenvalue weighted by Crippen LogP contribution is -2.49. The van der Waals surface area contributed by atoms with E-state index in [1.807, 2.05) is 24.3 Å². The van der Waals surface area contributed by atoms with Gasteiger partial charge in [0.05, 0.1) is 0 Å². The summed E-state index contributed by atoms with van der Waals surface area (Å²) in [5.41, 5.74) is 0.0468. The van der Waals surface area contributed by atoms with E-state index in [2.05, 4.69) is 28.2 Å². The molecule has 1 aromatic rings. The Hall–Kier alpha value is -1.03. The zero-order valence-corrected chi connectivity index (χ0v) is 12.0. The standard InChI is InChI=1S/C14H18BrNO2/c1-10-6-8-14(9-7-10,13(17)18)16-12-5-3-2-4-11(12)15/h2-5,10,16H,6-9H2,1H3,(H,17,18). The van der Waals surface area contributed by atoms with Gasteiger partial charge in [0.2, 0.25) is 0 Å². The van der Waals surface area contributed by atoms with Crippen LogP contribution in [-0.4, -0.2) is 16.6 Å². The number of anilines is 1. The minimum atomic E-state index is -0.809. The van der Waals surface area contributed by atoms with Gasteiger partial charge in [0.15, 0.2) is 0 Å². The fourth-order valence-corrected chi connectivity index (χ4v) is 2.85. The maximum absolute atomic E-state index is 11.6. The molecular weight excluding hydrogens is 294 g/mol. The van der Waals surface area contributed by atoms with Gasteiger partial charge in [0, 0.05) is 10.2 Å².